The lowest BCUT2D eigenvalue weighted by atomic mass is 10.0. The van der Waals surface area contributed by atoms with Gasteiger partial charge in [-0.15, -0.1) is 0 Å². The second-order valence-corrected chi connectivity index (χ2v) is 3.74. The molecule has 0 amide bonds. The van der Waals surface area contributed by atoms with E-state index in [-0.39, 0.29) is 0 Å². The molecule has 1 aliphatic rings. The van der Waals surface area contributed by atoms with Gasteiger partial charge >= 0.3 is 0 Å². The lowest BCUT2D eigenvalue weighted by Gasteiger charge is -2.03. The SMILES string of the molecule is Cc1ccc2c(c1)C(C)C/C2=N\O. The highest BCUT2D eigenvalue weighted by Gasteiger charge is 2.24. The molecular formula is C11H13NO. The Balaban J connectivity index is 2.58. The minimum atomic E-state index is 0.487. The summed E-state index contributed by atoms with van der Waals surface area (Å²) in [6.07, 6.45) is 0.856. The third-order valence-corrected chi connectivity index (χ3v) is 2.67. The van der Waals surface area contributed by atoms with Crippen LogP contribution >= 0.6 is 0 Å². The van der Waals surface area contributed by atoms with Gasteiger partial charge in [0.15, 0.2) is 0 Å². The summed E-state index contributed by atoms with van der Waals surface area (Å²) in [7, 11) is 0. The van der Waals surface area contributed by atoms with Gasteiger partial charge in [0.2, 0.25) is 0 Å². The summed E-state index contributed by atoms with van der Waals surface area (Å²) in [6, 6.07) is 6.28. The average Bonchev–Trinajstić information content (AvgIpc) is 2.43. The van der Waals surface area contributed by atoms with Gasteiger partial charge in [-0.3, -0.25) is 0 Å². The summed E-state index contributed by atoms with van der Waals surface area (Å²) in [4.78, 5) is 0. The predicted octanol–water partition coefficient (Wildman–Crippen LogP) is 2.68. The first-order valence-corrected chi connectivity index (χ1v) is 4.54. The van der Waals surface area contributed by atoms with Gasteiger partial charge in [0, 0.05) is 12.0 Å². The van der Waals surface area contributed by atoms with Crippen molar-refractivity contribution < 1.29 is 5.21 Å². The Bertz CT molecular complexity index is 368. The summed E-state index contributed by atoms with van der Waals surface area (Å²) in [5.74, 6) is 0.487. The predicted molar refractivity (Wildman–Crippen MR) is 52.5 cm³/mol. The van der Waals surface area contributed by atoms with Crippen molar-refractivity contribution in [3.05, 3.63) is 34.9 Å². The summed E-state index contributed by atoms with van der Waals surface area (Å²) < 4.78 is 0. The molecule has 0 bridgehead atoms. The lowest BCUT2D eigenvalue weighted by Crippen LogP contribution is -1.93. The standard InChI is InChI=1S/C11H13NO/c1-7-3-4-9-10(5-7)8(2)6-11(9)12-13/h3-5,8,13H,6H2,1-2H3/b12-11+. The molecule has 1 unspecified atom stereocenters. The molecular weight excluding hydrogens is 162 g/mol. The zero-order valence-electron chi connectivity index (χ0n) is 7.91. The molecule has 0 saturated carbocycles. The highest BCUT2D eigenvalue weighted by molar-refractivity contribution is 6.04. The molecule has 1 N–H and O–H groups in total. The Labute approximate surface area is 77.9 Å². The molecule has 2 heteroatoms. The van der Waals surface area contributed by atoms with Crippen molar-refractivity contribution in [3.8, 4) is 0 Å². The summed E-state index contributed by atoms with van der Waals surface area (Å²) in [5, 5.41) is 12.1. The van der Waals surface area contributed by atoms with E-state index in [0.717, 1.165) is 17.7 Å². The van der Waals surface area contributed by atoms with Crippen LogP contribution in [0.4, 0.5) is 0 Å². The van der Waals surface area contributed by atoms with Crippen LogP contribution in [-0.2, 0) is 0 Å². The van der Waals surface area contributed by atoms with Gasteiger partial charge in [0.25, 0.3) is 0 Å². The van der Waals surface area contributed by atoms with Gasteiger partial charge in [-0.05, 0) is 18.4 Å². The molecule has 13 heavy (non-hydrogen) atoms. The van der Waals surface area contributed by atoms with E-state index in [9.17, 15) is 0 Å². The van der Waals surface area contributed by atoms with Crippen LogP contribution in [0.15, 0.2) is 23.4 Å². The minimum Gasteiger partial charge on any atom is -0.411 e. The van der Waals surface area contributed by atoms with E-state index in [4.69, 9.17) is 5.21 Å². The topological polar surface area (TPSA) is 32.6 Å². The molecule has 0 radical (unpaired) electrons. The van der Waals surface area contributed by atoms with Crippen molar-refractivity contribution >= 4 is 5.71 Å². The Morgan fingerprint density at radius 3 is 2.92 bits per heavy atom. The first-order valence-electron chi connectivity index (χ1n) is 4.54. The zero-order chi connectivity index (χ0) is 9.42. The molecule has 0 saturated heterocycles. The monoisotopic (exact) mass is 175 g/mol. The number of hydrogen-bond acceptors (Lipinski definition) is 2. The summed E-state index contributed by atoms with van der Waals surface area (Å²) >= 11 is 0. The van der Waals surface area contributed by atoms with E-state index < -0.39 is 0 Å². The van der Waals surface area contributed by atoms with E-state index in [1.54, 1.807) is 0 Å². The van der Waals surface area contributed by atoms with Crippen molar-refractivity contribution in [3.63, 3.8) is 0 Å². The number of rotatable bonds is 0. The highest BCUT2D eigenvalue weighted by Crippen LogP contribution is 2.33. The third kappa shape index (κ3) is 1.22. The van der Waals surface area contributed by atoms with Crippen molar-refractivity contribution in [2.24, 2.45) is 5.16 Å². The molecule has 0 aromatic heterocycles. The summed E-state index contributed by atoms with van der Waals surface area (Å²) in [5.41, 5.74) is 4.51. The van der Waals surface area contributed by atoms with Gasteiger partial charge in [-0.1, -0.05) is 35.8 Å². The number of oxime groups is 1. The molecule has 0 aliphatic heterocycles. The number of hydrogen-bond donors (Lipinski definition) is 1. The lowest BCUT2D eigenvalue weighted by molar-refractivity contribution is 0.318. The maximum atomic E-state index is 8.79. The van der Waals surface area contributed by atoms with Crippen molar-refractivity contribution in [2.45, 2.75) is 26.2 Å². The fraction of sp³-hybridized carbons (Fsp3) is 0.364. The van der Waals surface area contributed by atoms with Gasteiger partial charge in [0.1, 0.15) is 0 Å². The van der Waals surface area contributed by atoms with Crippen LogP contribution in [0.2, 0.25) is 0 Å². The van der Waals surface area contributed by atoms with Crippen LogP contribution in [-0.4, -0.2) is 10.9 Å². The van der Waals surface area contributed by atoms with Crippen LogP contribution < -0.4 is 0 Å². The second kappa shape index (κ2) is 2.87. The molecule has 0 fully saturated rings. The molecule has 1 aliphatic carbocycles. The van der Waals surface area contributed by atoms with E-state index >= 15 is 0 Å². The fourth-order valence-electron chi connectivity index (χ4n) is 1.96. The van der Waals surface area contributed by atoms with Gasteiger partial charge < -0.3 is 5.21 Å². The van der Waals surface area contributed by atoms with Gasteiger partial charge in [-0.25, -0.2) is 0 Å². The van der Waals surface area contributed by atoms with Crippen molar-refractivity contribution in [1.29, 1.82) is 0 Å². The largest absolute Gasteiger partial charge is 0.411 e. The average molecular weight is 175 g/mol. The smallest absolute Gasteiger partial charge is 0.0876 e. The Hall–Kier alpha value is -1.31. The van der Waals surface area contributed by atoms with Crippen molar-refractivity contribution in [1.82, 2.24) is 0 Å². The normalized spacial score (nSPS) is 23.5. The van der Waals surface area contributed by atoms with E-state index in [1.165, 1.54) is 11.1 Å². The van der Waals surface area contributed by atoms with Crippen LogP contribution in [0.25, 0.3) is 0 Å². The van der Waals surface area contributed by atoms with Crippen LogP contribution in [0.1, 0.15) is 36.0 Å². The molecule has 0 spiro atoms. The van der Waals surface area contributed by atoms with E-state index in [2.05, 4.69) is 31.1 Å². The Kier molecular flexibility index (Phi) is 1.83. The second-order valence-electron chi connectivity index (χ2n) is 3.74. The number of aryl methyl sites for hydroxylation is 1. The molecule has 2 nitrogen and oxygen atoms in total. The summed E-state index contributed by atoms with van der Waals surface area (Å²) in [6.45, 7) is 4.25. The van der Waals surface area contributed by atoms with Crippen LogP contribution in [0.5, 0.6) is 0 Å². The van der Waals surface area contributed by atoms with Gasteiger partial charge in [-0.2, -0.15) is 0 Å². The Morgan fingerprint density at radius 1 is 1.46 bits per heavy atom. The molecule has 1 atom stereocenters. The van der Waals surface area contributed by atoms with Gasteiger partial charge in [0.05, 0.1) is 5.71 Å². The number of fused-ring (bicyclic) bond motifs is 1. The first kappa shape index (κ1) is 8.30. The van der Waals surface area contributed by atoms with E-state index in [0.29, 0.717) is 5.92 Å². The van der Waals surface area contributed by atoms with E-state index in [1.807, 2.05) is 6.07 Å². The maximum Gasteiger partial charge on any atom is 0.0876 e. The van der Waals surface area contributed by atoms with Crippen LogP contribution in [0.3, 0.4) is 0 Å². The number of benzene rings is 1. The first-order chi connectivity index (χ1) is 6.22. The molecule has 1 aromatic carbocycles. The fourth-order valence-corrected chi connectivity index (χ4v) is 1.96. The quantitative estimate of drug-likeness (QED) is 0.477. The molecule has 2 rings (SSSR count). The molecule has 1 aromatic rings. The van der Waals surface area contributed by atoms with Crippen molar-refractivity contribution in [2.75, 3.05) is 0 Å². The molecule has 0 heterocycles. The third-order valence-electron chi connectivity index (χ3n) is 2.67. The number of nitrogens with zero attached hydrogens (tertiary/aromatic N) is 1. The minimum absolute atomic E-state index is 0.487. The van der Waals surface area contributed by atoms with Crippen LogP contribution in [0, 0.1) is 6.92 Å². The zero-order valence-corrected chi connectivity index (χ0v) is 7.91. The maximum absolute atomic E-state index is 8.79. The highest BCUT2D eigenvalue weighted by atomic mass is 16.4. The Morgan fingerprint density at radius 2 is 2.23 bits per heavy atom. The molecule has 68 valence electrons.